The fourth-order valence-electron chi connectivity index (χ4n) is 0.863. The van der Waals surface area contributed by atoms with Crippen molar-refractivity contribution in [3.8, 4) is 0 Å². The quantitative estimate of drug-likeness (QED) is 0.545. The van der Waals surface area contributed by atoms with Crippen LogP contribution in [0, 0.1) is 0 Å². The Morgan fingerprint density at radius 3 is 1.79 bits per heavy atom. The molecule has 0 bridgehead atoms. The Kier molecular flexibility index (Phi) is 2.46. The first-order valence-electron chi connectivity index (χ1n) is 3.99. The summed E-state index contributed by atoms with van der Waals surface area (Å²) in [7, 11) is 0. The summed E-state index contributed by atoms with van der Waals surface area (Å²) in [4.78, 5) is 0. The maximum absolute atomic E-state index is 3.83. The highest BCUT2D eigenvalue weighted by Crippen LogP contribution is 1.90. The van der Waals surface area contributed by atoms with E-state index in [2.05, 4.69) is 30.6 Å². The highest BCUT2D eigenvalue weighted by atomic mass is 15.2. The van der Waals surface area contributed by atoms with Gasteiger partial charge >= 0.3 is 0 Å². The molecule has 2 N–H and O–H groups in total. The highest BCUT2D eigenvalue weighted by molar-refractivity contribution is 5.81. The van der Waals surface area contributed by atoms with Crippen molar-refractivity contribution in [1.29, 1.82) is 0 Å². The van der Waals surface area contributed by atoms with Gasteiger partial charge in [-0.1, -0.05) is 0 Å². The van der Waals surface area contributed by atoms with E-state index in [4.69, 9.17) is 0 Å². The van der Waals surface area contributed by atoms with Gasteiger partial charge in [-0.05, 0) is 0 Å². The molecule has 0 spiro atoms. The number of aromatic nitrogens is 4. The van der Waals surface area contributed by atoms with Gasteiger partial charge in [0.1, 0.15) is 0 Å². The second-order valence-corrected chi connectivity index (χ2v) is 2.55. The molecule has 14 heavy (non-hydrogen) atoms. The summed E-state index contributed by atoms with van der Waals surface area (Å²) < 4.78 is 0. The van der Waals surface area contributed by atoms with Crippen LogP contribution in [0.5, 0.6) is 0 Å². The molecule has 0 aliphatic rings. The second-order valence-electron chi connectivity index (χ2n) is 2.55. The van der Waals surface area contributed by atoms with Gasteiger partial charge in [0.15, 0.2) is 0 Å². The molecule has 0 aliphatic heterocycles. The smallest absolute Gasteiger partial charge is 0.0599 e. The summed E-state index contributed by atoms with van der Waals surface area (Å²) in [6, 6.07) is 0. The summed E-state index contributed by atoms with van der Waals surface area (Å²) in [5, 5.41) is 20.6. The second kappa shape index (κ2) is 4.13. The van der Waals surface area contributed by atoms with Crippen LogP contribution in [0.1, 0.15) is 11.1 Å². The predicted molar refractivity (Wildman–Crippen MR) is 52.4 cm³/mol. The average molecular weight is 188 g/mol. The number of hydrogen-bond donors (Lipinski definition) is 2. The Morgan fingerprint density at radius 2 is 1.43 bits per heavy atom. The lowest BCUT2D eigenvalue weighted by molar-refractivity contribution is 1.09. The van der Waals surface area contributed by atoms with Crippen molar-refractivity contribution in [3.63, 3.8) is 0 Å². The van der Waals surface area contributed by atoms with Crippen LogP contribution in [-0.4, -0.2) is 32.8 Å². The lowest BCUT2D eigenvalue weighted by Gasteiger charge is -1.78. The summed E-state index contributed by atoms with van der Waals surface area (Å²) in [6.07, 6.45) is 10.0. The van der Waals surface area contributed by atoms with Gasteiger partial charge in [0.25, 0.3) is 0 Å². The minimum atomic E-state index is 0.884. The van der Waals surface area contributed by atoms with Crippen molar-refractivity contribution in [2.45, 2.75) is 0 Å². The molecule has 2 rings (SSSR count). The Balaban J connectivity index is 1.94. The average Bonchev–Trinajstić information content (AvgIpc) is 2.86. The summed E-state index contributed by atoms with van der Waals surface area (Å²) in [5.41, 5.74) is 1.77. The summed E-state index contributed by atoms with van der Waals surface area (Å²) >= 11 is 0. The van der Waals surface area contributed by atoms with E-state index in [1.165, 1.54) is 0 Å². The van der Waals surface area contributed by atoms with E-state index in [1.807, 2.05) is 0 Å². The van der Waals surface area contributed by atoms with Crippen LogP contribution in [0.25, 0.3) is 0 Å². The molecule has 0 aliphatic carbocycles. The highest BCUT2D eigenvalue weighted by Gasteiger charge is 1.86. The molecule has 0 saturated carbocycles. The summed E-state index contributed by atoms with van der Waals surface area (Å²) in [6.45, 7) is 0. The molecular formula is C8H8N6. The van der Waals surface area contributed by atoms with Crippen LogP contribution in [-0.2, 0) is 0 Å². The largest absolute Gasteiger partial charge is 0.285 e. The van der Waals surface area contributed by atoms with Crippen LogP contribution >= 0.6 is 0 Å². The number of nitrogens with one attached hydrogen (secondary N) is 2. The topological polar surface area (TPSA) is 82.1 Å². The summed E-state index contributed by atoms with van der Waals surface area (Å²) in [5.74, 6) is 0. The van der Waals surface area contributed by atoms with Crippen LogP contribution < -0.4 is 0 Å². The lowest BCUT2D eigenvalue weighted by atomic mass is 10.4. The minimum absolute atomic E-state index is 0.884. The molecule has 2 aromatic rings. The lowest BCUT2D eigenvalue weighted by Crippen LogP contribution is -1.75. The SMILES string of the molecule is C(=N\N=C\c1cn[nH]c1)/c1cn[nH]c1. The molecule has 6 heteroatoms. The first kappa shape index (κ1) is 8.36. The molecule has 0 saturated heterocycles. The molecular weight excluding hydrogens is 180 g/mol. The molecule has 0 unspecified atom stereocenters. The van der Waals surface area contributed by atoms with E-state index in [0.29, 0.717) is 0 Å². The van der Waals surface area contributed by atoms with Gasteiger partial charge in [-0.3, -0.25) is 10.2 Å². The number of aromatic amines is 2. The fourth-order valence-corrected chi connectivity index (χ4v) is 0.863. The fraction of sp³-hybridized carbons (Fsp3) is 0. The Bertz CT molecular complexity index is 368. The number of rotatable bonds is 3. The van der Waals surface area contributed by atoms with Gasteiger partial charge in [-0.25, -0.2) is 0 Å². The standard InChI is InChI=1S/C8H8N6/c1-7(2-10-9-1)5-13-14-6-8-3-11-12-4-8/h1-6H,(H,9,10)(H,11,12)/b13-5+,14-6+. The zero-order chi connectivity index (χ0) is 9.64. The molecule has 2 aromatic heterocycles. The van der Waals surface area contributed by atoms with Crippen LogP contribution in [0.2, 0.25) is 0 Å². The maximum atomic E-state index is 3.83. The Morgan fingerprint density at radius 1 is 0.929 bits per heavy atom. The van der Waals surface area contributed by atoms with Crippen molar-refractivity contribution in [2.24, 2.45) is 10.2 Å². The van der Waals surface area contributed by atoms with Crippen LogP contribution in [0.3, 0.4) is 0 Å². The zero-order valence-corrected chi connectivity index (χ0v) is 7.25. The van der Waals surface area contributed by atoms with E-state index in [-0.39, 0.29) is 0 Å². The monoisotopic (exact) mass is 188 g/mol. The third-order valence-electron chi connectivity index (χ3n) is 1.52. The number of H-pyrrole nitrogens is 2. The minimum Gasteiger partial charge on any atom is -0.285 e. The van der Waals surface area contributed by atoms with Crippen LogP contribution in [0.4, 0.5) is 0 Å². The van der Waals surface area contributed by atoms with E-state index in [1.54, 1.807) is 37.2 Å². The van der Waals surface area contributed by atoms with Gasteiger partial charge in [0, 0.05) is 23.5 Å². The van der Waals surface area contributed by atoms with E-state index >= 15 is 0 Å². The van der Waals surface area contributed by atoms with Gasteiger partial charge in [0.2, 0.25) is 0 Å². The molecule has 0 atom stereocenters. The van der Waals surface area contributed by atoms with Crippen molar-refractivity contribution in [2.75, 3.05) is 0 Å². The van der Waals surface area contributed by atoms with Crippen molar-refractivity contribution in [1.82, 2.24) is 20.4 Å². The zero-order valence-electron chi connectivity index (χ0n) is 7.25. The van der Waals surface area contributed by atoms with Gasteiger partial charge in [-0.15, -0.1) is 0 Å². The molecule has 70 valence electrons. The van der Waals surface area contributed by atoms with E-state index < -0.39 is 0 Å². The van der Waals surface area contributed by atoms with Gasteiger partial charge in [0.05, 0.1) is 24.8 Å². The molecule has 0 radical (unpaired) electrons. The van der Waals surface area contributed by atoms with Crippen molar-refractivity contribution in [3.05, 3.63) is 35.9 Å². The normalized spacial score (nSPS) is 11.7. The van der Waals surface area contributed by atoms with Crippen LogP contribution in [0.15, 0.2) is 35.0 Å². The Labute approximate surface area is 79.8 Å². The molecule has 0 amide bonds. The first-order chi connectivity index (χ1) is 6.95. The third kappa shape index (κ3) is 2.13. The molecule has 0 fully saturated rings. The number of nitrogens with zero attached hydrogens (tertiary/aromatic N) is 4. The van der Waals surface area contributed by atoms with Gasteiger partial charge < -0.3 is 0 Å². The van der Waals surface area contributed by atoms with E-state index in [0.717, 1.165) is 11.1 Å². The number of hydrogen-bond acceptors (Lipinski definition) is 4. The Hall–Kier alpha value is -2.24. The molecule has 6 nitrogen and oxygen atoms in total. The first-order valence-corrected chi connectivity index (χ1v) is 3.99. The van der Waals surface area contributed by atoms with Gasteiger partial charge in [-0.2, -0.15) is 20.4 Å². The molecule has 0 aromatic carbocycles. The van der Waals surface area contributed by atoms with Crippen molar-refractivity contribution < 1.29 is 0 Å². The van der Waals surface area contributed by atoms with Crippen molar-refractivity contribution >= 4 is 12.4 Å². The third-order valence-corrected chi connectivity index (χ3v) is 1.52. The maximum Gasteiger partial charge on any atom is 0.0599 e. The van der Waals surface area contributed by atoms with E-state index in [9.17, 15) is 0 Å². The predicted octanol–water partition coefficient (Wildman–Crippen LogP) is 0.586. The molecule has 2 heterocycles.